The Labute approximate surface area is 154 Å². The Morgan fingerprint density at radius 2 is 1.69 bits per heavy atom. The summed E-state index contributed by atoms with van der Waals surface area (Å²) in [7, 11) is 0. The number of carbonyl (C=O) groups excluding carboxylic acids is 1. The predicted molar refractivity (Wildman–Crippen MR) is 104 cm³/mol. The van der Waals surface area contributed by atoms with E-state index in [9.17, 15) is 9.18 Å². The van der Waals surface area contributed by atoms with E-state index in [1.165, 1.54) is 6.07 Å². The maximum atomic E-state index is 13.9. The highest BCUT2D eigenvalue weighted by molar-refractivity contribution is 5.95. The summed E-state index contributed by atoms with van der Waals surface area (Å²) >= 11 is 0. The lowest BCUT2D eigenvalue weighted by molar-refractivity contribution is -0.119. The van der Waals surface area contributed by atoms with E-state index in [4.69, 9.17) is 0 Å². The van der Waals surface area contributed by atoms with E-state index in [2.05, 4.69) is 9.80 Å². The molecule has 1 aliphatic rings. The normalized spacial score (nSPS) is 15.1. The van der Waals surface area contributed by atoms with Crippen LogP contribution in [0.25, 0.3) is 0 Å². The van der Waals surface area contributed by atoms with Gasteiger partial charge in [-0.05, 0) is 37.6 Å². The Balaban J connectivity index is 1.59. The average molecular weight is 355 g/mol. The number of rotatable bonds is 5. The predicted octanol–water partition coefficient (Wildman–Crippen LogP) is 3.31. The Hall–Kier alpha value is -2.40. The summed E-state index contributed by atoms with van der Waals surface area (Å²) in [5.74, 6) is -0.0742. The van der Waals surface area contributed by atoms with Crippen molar-refractivity contribution < 1.29 is 9.18 Å². The van der Waals surface area contributed by atoms with Crippen molar-refractivity contribution in [3.05, 3.63) is 59.9 Å². The number of hydrogen-bond donors (Lipinski definition) is 0. The molecular weight excluding hydrogens is 329 g/mol. The van der Waals surface area contributed by atoms with E-state index in [0.29, 0.717) is 18.8 Å². The number of amides is 1. The first kappa shape index (κ1) is 18.4. The number of benzene rings is 2. The second kappa shape index (κ2) is 8.32. The second-order valence-electron chi connectivity index (χ2n) is 6.64. The summed E-state index contributed by atoms with van der Waals surface area (Å²) in [5, 5.41) is 0. The first-order valence-electron chi connectivity index (χ1n) is 9.18. The molecule has 5 heteroatoms. The molecule has 1 aliphatic heterocycles. The number of nitrogens with zero attached hydrogens (tertiary/aromatic N) is 3. The molecule has 0 N–H and O–H groups in total. The minimum atomic E-state index is -0.186. The molecule has 1 heterocycles. The lowest BCUT2D eigenvalue weighted by Crippen LogP contribution is -2.50. The number of piperazine rings is 1. The fourth-order valence-corrected chi connectivity index (χ4v) is 3.48. The van der Waals surface area contributed by atoms with Gasteiger partial charge < -0.3 is 9.80 Å². The highest BCUT2D eigenvalue weighted by Gasteiger charge is 2.23. The molecule has 0 radical (unpaired) electrons. The van der Waals surface area contributed by atoms with Crippen LogP contribution in [0.3, 0.4) is 0 Å². The minimum Gasteiger partial charge on any atom is -0.367 e. The summed E-state index contributed by atoms with van der Waals surface area (Å²) in [6, 6.07) is 14.8. The van der Waals surface area contributed by atoms with Gasteiger partial charge in [0.05, 0.1) is 12.2 Å². The van der Waals surface area contributed by atoms with Crippen LogP contribution >= 0.6 is 0 Å². The van der Waals surface area contributed by atoms with Crippen LogP contribution in [0.2, 0.25) is 0 Å². The standard InChI is InChI=1S/C21H26FN3O/c1-3-25(19-10-6-4-8-17(19)2)21(26)16-23-12-14-24(15-13-23)20-11-7-5-9-18(20)22/h4-11H,3,12-16H2,1-2H3. The molecule has 0 bridgehead atoms. The SMILES string of the molecule is CCN(C(=O)CN1CCN(c2ccccc2F)CC1)c1ccccc1C. The molecule has 2 aromatic rings. The number of hydrogen-bond acceptors (Lipinski definition) is 3. The number of para-hydroxylation sites is 2. The van der Waals surface area contributed by atoms with Gasteiger partial charge in [-0.2, -0.15) is 0 Å². The summed E-state index contributed by atoms with van der Waals surface area (Å²) in [6.45, 7) is 8.04. The number of aryl methyl sites for hydroxylation is 1. The average Bonchev–Trinajstić information content (AvgIpc) is 2.65. The summed E-state index contributed by atoms with van der Waals surface area (Å²) in [4.78, 5) is 18.9. The Morgan fingerprint density at radius 3 is 2.35 bits per heavy atom. The van der Waals surface area contributed by atoms with Crippen LogP contribution in [0.4, 0.5) is 15.8 Å². The summed E-state index contributed by atoms with van der Waals surface area (Å²) in [5.41, 5.74) is 2.73. The maximum Gasteiger partial charge on any atom is 0.241 e. The van der Waals surface area contributed by atoms with Crippen LogP contribution in [0.15, 0.2) is 48.5 Å². The van der Waals surface area contributed by atoms with E-state index >= 15 is 0 Å². The lowest BCUT2D eigenvalue weighted by atomic mass is 10.1. The van der Waals surface area contributed by atoms with Crippen molar-refractivity contribution >= 4 is 17.3 Å². The van der Waals surface area contributed by atoms with Gasteiger partial charge in [-0.3, -0.25) is 9.69 Å². The topological polar surface area (TPSA) is 26.8 Å². The Kier molecular flexibility index (Phi) is 5.89. The molecule has 138 valence electrons. The van der Waals surface area contributed by atoms with Crippen LogP contribution in [-0.2, 0) is 4.79 Å². The molecule has 2 aromatic carbocycles. The molecule has 0 aliphatic carbocycles. The molecule has 0 saturated carbocycles. The molecule has 26 heavy (non-hydrogen) atoms. The van der Waals surface area contributed by atoms with Crippen molar-refractivity contribution in [1.82, 2.24) is 4.90 Å². The van der Waals surface area contributed by atoms with Crippen LogP contribution in [-0.4, -0.2) is 50.1 Å². The molecule has 0 atom stereocenters. The highest BCUT2D eigenvalue weighted by atomic mass is 19.1. The van der Waals surface area contributed by atoms with E-state index in [1.807, 2.05) is 55.1 Å². The van der Waals surface area contributed by atoms with Gasteiger partial charge in [-0.15, -0.1) is 0 Å². The zero-order valence-corrected chi connectivity index (χ0v) is 15.5. The van der Waals surface area contributed by atoms with E-state index in [-0.39, 0.29) is 11.7 Å². The van der Waals surface area contributed by atoms with E-state index in [1.54, 1.807) is 6.07 Å². The molecule has 4 nitrogen and oxygen atoms in total. The maximum absolute atomic E-state index is 13.9. The lowest BCUT2D eigenvalue weighted by Gasteiger charge is -2.36. The van der Waals surface area contributed by atoms with Crippen LogP contribution in [0.1, 0.15) is 12.5 Å². The van der Waals surface area contributed by atoms with Gasteiger partial charge >= 0.3 is 0 Å². The second-order valence-corrected chi connectivity index (χ2v) is 6.64. The molecule has 0 aromatic heterocycles. The zero-order valence-electron chi connectivity index (χ0n) is 15.5. The quantitative estimate of drug-likeness (QED) is 0.823. The third kappa shape index (κ3) is 4.05. The smallest absolute Gasteiger partial charge is 0.241 e. The molecule has 0 spiro atoms. The minimum absolute atomic E-state index is 0.112. The third-order valence-corrected chi connectivity index (χ3v) is 4.95. The van der Waals surface area contributed by atoms with Gasteiger partial charge in [-0.1, -0.05) is 30.3 Å². The van der Waals surface area contributed by atoms with Crippen molar-refractivity contribution in [2.45, 2.75) is 13.8 Å². The van der Waals surface area contributed by atoms with Crippen molar-refractivity contribution in [2.75, 3.05) is 49.1 Å². The molecular formula is C21H26FN3O. The van der Waals surface area contributed by atoms with Crippen LogP contribution < -0.4 is 9.80 Å². The third-order valence-electron chi connectivity index (χ3n) is 4.95. The highest BCUT2D eigenvalue weighted by Crippen LogP contribution is 2.21. The van der Waals surface area contributed by atoms with Gasteiger partial charge in [0.2, 0.25) is 5.91 Å². The first-order chi connectivity index (χ1) is 12.6. The number of carbonyl (C=O) groups is 1. The zero-order chi connectivity index (χ0) is 18.5. The van der Waals surface area contributed by atoms with E-state index in [0.717, 1.165) is 37.4 Å². The van der Waals surface area contributed by atoms with Crippen molar-refractivity contribution in [3.8, 4) is 0 Å². The molecule has 1 fully saturated rings. The number of likely N-dealkylation sites (N-methyl/N-ethyl adjacent to an activating group) is 1. The van der Waals surface area contributed by atoms with Gasteiger partial charge in [0.1, 0.15) is 5.82 Å². The van der Waals surface area contributed by atoms with Gasteiger partial charge in [0.15, 0.2) is 0 Å². The number of anilines is 2. The summed E-state index contributed by atoms with van der Waals surface area (Å²) < 4.78 is 13.9. The van der Waals surface area contributed by atoms with Crippen LogP contribution in [0.5, 0.6) is 0 Å². The van der Waals surface area contributed by atoms with Crippen LogP contribution in [0, 0.1) is 12.7 Å². The van der Waals surface area contributed by atoms with E-state index < -0.39 is 0 Å². The number of halogens is 1. The molecule has 3 rings (SSSR count). The Morgan fingerprint density at radius 1 is 1.04 bits per heavy atom. The molecule has 0 unspecified atom stereocenters. The summed E-state index contributed by atoms with van der Waals surface area (Å²) in [6.07, 6.45) is 0. The van der Waals surface area contributed by atoms with Crippen molar-refractivity contribution in [3.63, 3.8) is 0 Å². The van der Waals surface area contributed by atoms with Gasteiger partial charge in [-0.25, -0.2) is 4.39 Å². The monoisotopic (exact) mass is 355 g/mol. The molecule has 1 saturated heterocycles. The first-order valence-corrected chi connectivity index (χ1v) is 9.18. The Bertz CT molecular complexity index is 756. The fourth-order valence-electron chi connectivity index (χ4n) is 3.48. The van der Waals surface area contributed by atoms with Gasteiger partial charge in [0.25, 0.3) is 0 Å². The van der Waals surface area contributed by atoms with Crippen molar-refractivity contribution in [2.24, 2.45) is 0 Å². The van der Waals surface area contributed by atoms with Gasteiger partial charge in [0, 0.05) is 38.4 Å². The fraction of sp³-hybridized carbons (Fsp3) is 0.381. The molecule has 1 amide bonds. The van der Waals surface area contributed by atoms with Crippen molar-refractivity contribution in [1.29, 1.82) is 0 Å². The largest absolute Gasteiger partial charge is 0.367 e.